The Bertz CT molecular complexity index is 441. The molecule has 102 valence electrons. The van der Waals surface area contributed by atoms with Crippen molar-refractivity contribution < 1.29 is 18.3 Å². The van der Waals surface area contributed by atoms with Gasteiger partial charge in [-0.05, 0) is 31.1 Å². The largest absolute Gasteiger partial charge is 0.443 e. The third-order valence-electron chi connectivity index (χ3n) is 3.42. The average Bonchev–Trinajstić information content (AvgIpc) is 2.63. The number of aliphatic hydroxyl groups is 1. The highest BCUT2D eigenvalue weighted by Gasteiger charge is 2.43. The molecule has 1 saturated carbocycles. The van der Waals surface area contributed by atoms with Crippen LogP contribution in [0.25, 0.3) is 0 Å². The summed E-state index contributed by atoms with van der Waals surface area (Å²) in [5, 5.41) is 9.68. The molecule has 1 aromatic heterocycles. The van der Waals surface area contributed by atoms with Crippen LogP contribution >= 0.6 is 11.3 Å². The van der Waals surface area contributed by atoms with E-state index in [4.69, 9.17) is 0 Å². The summed E-state index contributed by atoms with van der Waals surface area (Å²) in [5.74, 6) is 0. The van der Waals surface area contributed by atoms with Crippen LogP contribution in [-0.4, -0.2) is 10.1 Å². The van der Waals surface area contributed by atoms with Gasteiger partial charge in [0.25, 0.3) is 0 Å². The Morgan fingerprint density at radius 1 is 1.33 bits per heavy atom. The standard InChI is InChI=1S/C12H16F3NOS/c1-10(2)4-3-5-11(17,7-10)8-6-16-9(18-8)12(13,14)15/h6,17H,3-5,7H2,1-2H3. The first-order chi connectivity index (χ1) is 8.12. The van der Waals surface area contributed by atoms with Gasteiger partial charge in [0.15, 0.2) is 5.01 Å². The van der Waals surface area contributed by atoms with Gasteiger partial charge in [-0.3, -0.25) is 0 Å². The van der Waals surface area contributed by atoms with E-state index in [1.165, 1.54) is 6.20 Å². The second-order valence-electron chi connectivity index (χ2n) is 5.75. The van der Waals surface area contributed by atoms with Crippen LogP contribution in [0, 0.1) is 5.41 Å². The fraction of sp³-hybridized carbons (Fsp3) is 0.750. The van der Waals surface area contributed by atoms with Gasteiger partial charge < -0.3 is 5.11 Å². The Labute approximate surface area is 108 Å². The van der Waals surface area contributed by atoms with Crippen molar-refractivity contribution in [3.8, 4) is 0 Å². The molecule has 0 amide bonds. The van der Waals surface area contributed by atoms with Crippen LogP contribution in [0.2, 0.25) is 0 Å². The summed E-state index contributed by atoms with van der Waals surface area (Å²) in [6.45, 7) is 4.06. The molecular formula is C12H16F3NOS. The first-order valence-corrected chi connectivity index (χ1v) is 6.70. The molecule has 0 spiro atoms. The summed E-state index contributed by atoms with van der Waals surface area (Å²) in [6.07, 6.45) is -0.448. The number of nitrogens with zero attached hydrogens (tertiary/aromatic N) is 1. The summed E-state index contributed by atoms with van der Waals surface area (Å²) in [5.41, 5.74) is -1.20. The molecule has 0 radical (unpaired) electrons. The van der Waals surface area contributed by atoms with E-state index in [0.717, 1.165) is 12.8 Å². The third kappa shape index (κ3) is 2.69. The van der Waals surface area contributed by atoms with Crippen molar-refractivity contribution in [1.82, 2.24) is 4.98 Å². The molecule has 6 heteroatoms. The quantitative estimate of drug-likeness (QED) is 0.844. The number of thiazole rings is 1. The number of hydrogen-bond donors (Lipinski definition) is 1. The smallest absolute Gasteiger partial charge is 0.384 e. The second kappa shape index (κ2) is 4.20. The van der Waals surface area contributed by atoms with Crippen molar-refractivity contribution in [1.29, 1.82) is 0 Å². The lowest BCUT2D eigenvalue weighted by Crippen LogP contribution is -2.35. The monoisotopic (exact) mass is 279 g/mol. The van der Waals surface area contributed by atoms with Gasteiger partial charge in [-0.25, -0.2) is 4.98 Å². The van der Waals surface area contributed by atoms with E-state index in [0.29, 0.717) is 29.1 Å². The average molecular weight is 279 g/mol. The van der Waals surface area contributed by atoms with E-state index in [-0.39, 0.29) is 5.41 Å². The van der Waals surface area contributed by atoms with Gasteiger partial charge in [0.2, 0.25) is 0 Å². The van der Waals surface area contributed by atoms with Crippen molar-refractivity contribution in [3.05, 3.63) is 16.1 Å². The lowest BCUT2D eigenvalue weighted by atomic mass is 9.69. The highest BCUT2D eigenvalue weighted by Crippen LogP contribution is 2.48. The summed E-state index contributed by atoms with van der Waals surface area (Å²) < 4.78 is 37.5. The number of rotatable bonds is 1. The fourth-order valence-corrected chi connectivity index (χ4v) is 3.56. The van der Waals surface area contributed by atoms with Gasteiger partial charge in [0, 0.05) is 6.20 Å². The van der Waals surface area contributed by atoms with Gasteiger partial charge in [-0.1, -0.05) is 13.8 Å². The Morgan fingerprint density at radius 3 is 2.50 bits per heavy atom. The van der Waals surface area contributed by atoms with Crippen LogP contribution in [0.4, 0.5) is 13.2 Å². The minimum atomic E-state index is -4.43. The summed E-state index contributed by atoms with van der Waals surface area (Å²) in [7, 11) is 0. The molecule has 0 aromatic carbocycles. The maximum atomic E-state index is 12.5. The number of alkyl halides is 3. The molecule has 1 unspecified atom stereocenters. The topological polar surface area (TPSA) is 33.1 Å². The van der Waals surface area contributed by atoms with Crippen molar-refractivity contribution >= 4 is 11.3 Å². The molecule has 1 N–H and O–H groups in total. The Morgan fingerprint density at radius 2 is 2.00 bits per heavy atom. The normalized spacial score (nSPS) is 28.3. The van der Waals surface area contributed by atoms with Gasteiger partial charge in [0.1, 0.15) is 5.60 Å². The molecule has 1 aromatic rings. The molecule has 2 nitrogen and oxygen atoms in total. The SMILES string of the molecule is CC1(C)CCCC(O)(c2cnc(C(F)(F)F)s2)C1. The molecule has 1 atom stereocenters. The summed E-state index contributed by atoms with van der Waals surface area (Å²) in [4.78, 5) is 3.72. The van der Waals surface area contributed by atoms with Crippen molar-refractivity contribution in [2.75, 3.05) is 0 Å². The van der Waals surface area contributed by atoms with Crippen molar-refractivity contribution in [2.24, 2.45) is 5.41 Å². The van der Waals surface area contributed by atoms with Gasteiger partial charge in [0.05, 0.1) is 4.88 Å². The van der Waals surface area contributed by atoms with Gasteiger partial charge >= 0.3 is 6.18 Å². The fourth-order valence-electron chi connectivity index (χ4n) is 2.66. The van der Waals surface area contributed by atoms with Crippen LogP contribution in [0.3, 0.4) is 0 Å². The minimum absolute atomic E-state index is 0.0462. The van der Waals surface area contributed by atoms with Crippen molar-refractivity contribution in [2.45, 2.75) is 51.3 Å². The molecular weight excluding hydrogens is 263 g/mol. The van der Waals surface area contributed by atoms with E-state index < -0.39 is 16.8 Å². The summed E-state index contributed by atoms with van der Waals surface area (Å²) in [6, 6.07) is 0. The Hall–Kier alpha value is -0.620. The van der Waals surface area contributed by atoms with E-state index in [1.807, 2.05) is 13.8 Å². The van der Waals surface area contributed by atoms with E-state index >= 15 is 0 Å². The van der Waals surface area contributed by atoms with Crippen LogP contribution < -0.4 is 0 Å². The second-order valence-corrected chi connectivity index (χ2v) is 6.78. The van der Waals surface area contributed by atoms with E-state index in [2.05, 4.69) is 4.98 Å². The number of halogens is 3. The highest BCUT2D eigenvalue weighted by molar-refractivity contribution is 7.11. The zero-order valence-corrected chi connectivity index (χ0v) is 11.2. The minimum Gasteiger partial charge on any atom is -0.384 e. The Kier molecular flexibility index (Phi) is 3.22. The zero-order valence-electron chi connectivity index (χ0n) is 10.3. The van der Waals surface area contributed by atoms with E-state index in [1.54, 1.807) is 0 Å². The molecule has 2 rings (SSSR count). The van der Waals surface area contributed by atoms with Crippen LogP contribution in [-0.2, 0) is 11.8 Å². The Balaban J connectivity index is 2.28. The lowest BCUT2D eigenvalue weighted by molar-refractivity contribution is -0.137. The predicted molar refractivity (Wildman–Crippen MR) is 63.3 cm³/mol. The van der Waals surface area contributed by atoms with Crippen molar-refractivity contribution in [3.63, 3.8) is 0 Å². The molecule has 0 saturated heterocycles. The number of aromatic nitrogens is 1. The summed E-state index contributed by atoms with van der Waals surface area (Å²) >= 11 is 0.560. The lowest BCUT2D eigenvalue weighted by Gasteiger charge is -2.40. The highest BCUT2D eigenvalue weighted by atomic mass is 32.1. The maximum absolute atomic E-state index is 12.5. The first-order valence-electron chi connectivity index (χ1n) is 5.88. The van der Waals surface area contributed by atoms with Gasteiger partial charge in [-0.2, -0.15) is 13.2 Å². The maximum Gasteiger partial charge on any atom is 0.443 e. The first kappa shape index (κ1) is 13.8. The van der Waals surface area contributed by atoms with Crippen LogP contribution in [0.15, 0.2) is 6.20 Å². The van der Waals surface area contributed by atoms with Crippen LogP contribution in [0.5, 0.6) is 0 Å². The number of hydrogen-bond acceptors (Lipinski definition) is 3. The molecule has 0 aliphatic heterocycles. The van der Waals surface area contributed by atoms with Crippen LogP contribution in [0.1, 0.15) is 49.4 Å². The molecule has 1 aliphatic carbocycles. The predicted octanol–water partition coefficient (Wildman–Crippen LogP) is 3.95. The molecule has 1 aliphatic rings. The van der Waals surface area contributed by atoms with Gasteiger partial charge in [-0.15, -0.1) is 11.3 Å². The molecule has 18 heavy (non-hydrogen) atoms. The van der Waals surface area contributed by atoms with E-state index in [9.17, 15) is 18.3 Å². The molecule has 0 bridgehead atoms. The molecule has 1 heterocycles. The zero-order chi connectivity index (χ0) is 13.6. The molecule has 1 fully saturated rings. The third-order valence-corrected chi connectivity index (χ3v) is 4.66.